The van der Waals surface area contributed by atoms with Crippen LogP contribution in [0, 0.1) is 0 Å². The molecule has 1 aromatic carbocycles. The third kappa shape index (κ3) is 5.19. The number of ether oxygens (including phenoxy) is 2. The largest absolute Gasteiger partial charge is 0.454 e. The highest BCUT2D eigenvalue weighted by atomic mass is 16.7. The highest BCUT2D eigenvalue weighted by Gasteiger charge is 2.13. The lowest BCUT2D eigenvalue weighted by Gasteiger charge is -2.16. The highest BCUT2D eigenvalue weighted by molar-refractivity contribution is 5.76. The molecule has 0 fully saturated rings. The molecular weight excluding hydrogens is 318 g/mol. The molecule has 0 bridgehead atoms. The third-order valence-electron chi connectivity index (χ3n) is 4.18. The zero-order chi connectivity index (χ0) is 17.5. The standard InChI is InChI=1S/C19H23N3O3/c1-22(10-6-15-4-8-20-9-5-15)11-7-19(23)21-13-16-2-3-17-18(12-16)25-14-24-17/h2-5,8-9,12H,6-7,10-11,13-14H2,1H3,(H,21,23). The molecule has 1 aromatic heterocycles. The minimum Gasteiger partial charge on any atom is -0.454 e. The van der Waals surface area contributed by atoms with Crippen molar-refractivity contribution in [1.82, 2.24) is 15.2 Å². The second-order valence-corrected chi connectivity index (χ2v) is 6.12. The summed E-state index contributed by atoms with van der Waals surface area (Å²) in [6.07, 6.45) is 5.05. The quantitative estimate of drug-likeness (QED) is 0.795. The number of nitrogens with one attached hydrogen (secondary N) is 1. The Hall–Kier alpha value is -2.60. The number of rotatable bonds is 8. The fraction of sp³-hybridized carbons (Fsp3) is 0.368. The smallest absolute Gasteiger partial charge is 0.231 e. The van der Waals surface area contributed by atoms with Crippen LogP contribution >= 0.6 is 0 Å². The molecule has 0 spiro atoms. The van der Waals surface area contributed by atoms with Gasteiger partial charge in [-0.25, -0.2) is 0 Å². The van der Waals surface area contributed by atoms with E-state index < -0.39 is 0 Å². The summed E-state index contributed by atoms with van der Waals surface area (Å²) < 4.78 is 10.6. The normalized spacial score (nSPS) is 12.4. The molecule has 25 heavy (non-hydrogen) atoms. The van der Waals surface area contributed by atoms with E-state index in [0.717, 1.165) is 36.6 Å². The summed E-state index contributed by atoms with van der Waals surface area (Å²) in [5, 5.41) is 2.95. The molecule has 1 amide bonds. The van der Waals surface area contributed by atoms with E-state index in [1.807, 2.05) is 37.4 Å². The first-order valence-electron chi connectivity index (χ1n) is 8.43. The van der Waals surface area contributed by atoms with Crippen LogP contribution in [0.5, 0.6) is 11.5 Å². The fourth-order valence-corrected chi connectivity index (χ4v) is 2.61. The van der Waals surface area contributed by atoms with E-state index in [0.29, 0.717) is 13.0 Å². The molecular formula is C19H23N3O3. The van der Waals surface area contributed by atoms with Crippen LogP contribution in [0.2, 0.25) is 0 Å². The Balaban J connectivity index is 1.35. The predicted molar refractivity (Wildman–Crippen MR) is 94.5 cm³/mol. The molecule has 0 saturated heterocycles. The molecule has 6 nitrogen and oxygen atoms in total. The SMILES string of the molecule is CN(CCC(=O)NCc1ccc2c(c1)OCO2)CCc1ccncc1. The Morgan fingerprint density at radius 2 is 1.92 bits per heavy atom. The van der Waals surface area contributed by atoms with Crippen molar-refractivity contribution >= 4 is 5.91 Å². The lowest BCUT2D eigenvalue weighted by molar-refractivity contribution is -0.121. The van der Waals surface area contributed by atoms with Crippen molar-refractivity contribution in [3.05, 3.63) is 53.9 Å². The number of carbonyl (C=O) groups excluding carboxylic acids is 1. The average Bonchev–Trinajstić information content (AvgIpc) is 3.11. The number of fused-ring (bicyclic) bond motifs is 1. The van der Waals surface area contributed by atoms with Crippen molar-refractivity contribution in [1.29, 1.82) is 0 Å². The van der Waals surface area contributed by atoms with Gasteiger partial charge in [-0.2, -0.15) is 0 Å². The second-order valence-electron chi connectivity index (χ2n) is 6.12. The van der Waals surface area contributed by atoms with Gasteiger partial charge in [0.05, 0.1) is 0 Å². The number of benzene rings is 1. The van der Waals surface area contributed by atoms with Gasteiger partial charge in [0.25, 0.3) is 0 Å². The Labute approximate surface area is 147 Å². The molecule has 132 valence electrons. The van der Waals surface area contributed by atoms with Crippen LogP contribution in [0.15, 0.2) is 42.7 Å². The van der Waals surface area contributed by atoms with E-state index in [-0.39, 0.29) is 12.7 Å². The first kappa shape index (κ1) is 17.2. The second kappa shape index (κ2) is 8.48. The summed E-state index contributed by atoms with van der Waals surface area (Å²) in [6, 6.07) is 9.76. The number of amides is 1. The number of likely N-dealkylation sites (N-methyl/N-ethyl adjacent to an activating group) is 1. The van der Waals surface area contributed by atoms with Gasteiger partial charge in [-0.3, -0.25) is 9.78 Å². The Kier molecular flexibility index (Phi) is 5.85. The van der Waals surface area contributed by atoms with Crippen molar-refractivity contribution in [3.63, 3.8) is 0 Å². The predicted octanol–water partition coefficient (Wildman–Crippen LogP) is 1.99. The van der Waals surface area contributed by atoms with Gasteiger partial charge >= 0.3 is 0 Å². The van der Waals surface area contributed by atoms with Crippen LogP contribution < -0.4 is 14.8 Å². The fourth-order valence-electron chi connectivity index (χ4n) is 2.61. The van der Waals surface area contributed by atoms with Crippen LogP contribution in [-0.4, -0.2) is 42.7 Å². The lowest BCUT2D eigenvalue weighted by atomic mass is 10.2. The first-order valence-corrected chi connectivity index (χ1v) is 8.43. The molecule has 6 heteroatoms. The molecule has 2 heterocycles. The van der Waals surface area contributed by atoms with Gasteiger partial charge < -0.3 is 19.7 Å². The van der Waals surface area contributed by atoms with Gasteiger partial charge in [0.15, 0.2) is 11.5 Å². The van der Waals surface area contributed by atoms with Crippen molar-refractivity contribution in [3.8, 4) is 11.5 Å². The van der Waals surface area contributed by atoms with Gasteiger partial charge in [0.2, 0.25) is 12.7 Å². The average molecular weight is 341 g/mol. The number of hydrogen-bond donors (Lipinski definition) is 1. The van der Waals surface area contributed by atoms with E-state index in [1.54, 1.807) is 12.4 Å². The molecule has 3 rings (SSSR count). The van der Waals surface area contributed by atoms with Crippen LogP contribution in [0.3, 0.4) is 0 Å². The van der Waals surface area contributed by atoms with Crippen molar-refractivity contribution in [2.45, 2.75) is 19.4 Å². The van der Waals surface area contributed by atoms with Crippen LogP contribution in [0.4, 0.5) is 0 Å². The molecule has 1 aliphatic rings. The maximum absolute atomic E-state index is 12.0. The Morgan fingerprint density at radius 3 is 2.76 bits per heavy atom. The molecule has 0 atom stereocenters. The first-order chi connectivity index (χ1) is 12.2. The number of aromatic nitrogens is 1. The van der Waals surface area contributed by atoms with Gasteiger partial charge in [-0.05, 0) is 48.9 Å². The van der Waals surface area contributed by atoms with Gasteiger partial charge in [0, 0.05) is 38.4 Å². The molecule has 2 aromatic rings. The van der Waals surface area contributed by atoms with E-state index in [1.165, 1.54) is 5.56 Å². The van der Waals surface area contributed by atoms with Crippen molar-refractivity contribution in [2.24, 2.45) is 0 Å². The summed E-state index contributed by atoms with van der Waals surface area (Å²) in [5.41, 5.74) is 2.26. The molecule has 0 unspecified atom stereocenters. The highest BCUT2D eigenvalue weighted by Crippen LogP contribution is 2.32. The summed E-state index contributed by atoms with van der Waals surface area (Å²) >= 11 is 0. The monoisotopic (exact) mass is 341 g/mol. The summed E-state index contributed by atoms with van der Waals surface area (Å²) in [7, 11) is 2.03. The number of carbonyl (C=O) groups is 1. The minimum absolute atomic E-state index is 0.0495. The lowest BCUT2D eigenvalue weighted by Crippen LogP contribution is -2.29. The number of pyridine rings is 1. The van der Waals surface area contributed by atoms with Crippen LogP contribution in [-0.2, 0) is 17.8 Å². The van der Waals surface area contributed by atoms with Crippen molar-refractivity contribution < 1.29 is 14.3 Å². The van der Waals surface area contributed by atoms with E-state index in [9.17, 15) is 4.79 Å². The maximum atomic E-state index is 12.0. The molecule has 0 radical (unpaired) electrons. The number of hydrogen-bond acceptors (Lipinski definition) is 5. The summed E-state index contributed by atoms with van der Waals surface area (Å²) in [4.78, 5) is 18.2. The van der Waals surface area contributed by atoms with Gasteiger partial charge in [-0.15, -0.1) is 0 Å². The third-order valence-corrected chi connectivity index (χ3v) is 4.18. The Bertz CT molecular complexity index is 706. The van der Waals surface area contributed by atoms with Crippen molar-refractivity contribution in [2.75, 3.05) is 26.9 Å². The summed E-state index contributed by atoms with van der Waals surface area (Å²) in [6.45, 7) is 2.41. The van der Waals surface area contributed by atoms with E-state index in [2.05, 4.69) is 15.2 Å². The number of nitrogens with zero attached hydrogens (tertiary/aromatic N) is 2. The van der Waals surface area contributed by atoms with E-state index in [4.69, 9.17) is 9.47 Å². The molecule has 1 N–H and O–H groups in total. The molecule has 0 aliphatic carbocycles. The van der Waals surface area contributed by atoms with Crippen LogP contribution in [0.25, 0.3) is 0 Å². The van der Waals surface area contributed by atoms with Gasteiger partial charge in [-0.1, -0.05) is 6.07 Å². The van der Waals surface area contributed by atoms with Crippen LogP contribution in [0.1, 0.15) is 17.5 Å². The Morgan fingerprint density at radius 1 is 1.12 bits per heavy atom. The maximum Gasteiger partial charge on any atom is 0.231 e. The van der Waals surface area contributed by atoms with Gasteiger partial charge in [0.1, 0.15) is 0 Å². The zero-order valence-electron chi connectivity index (χ0n) is 14.4. The molecule has 0 saturated carbocycles. The minimum atomic E-state index is 0.0495. The van der Waals surface area contributed by atoms with E-state index >= 15 is 0 Å². The topological polar surface area (TPSA) is 63.7 Å². The molecule has 1 aliphatic heterocycles. The zero-order valence-corrected chi connectivity index (χ0v) is 14.4. The summed E-state index contributed by atoms with van der Waals surface area (Å²) in [5.74, 6) is 1.54.